The highest BCUT2D eigenvalue weighted by atomic mass is 16.5. The number of imidazole rings is 1. The molecule has 1 saturated carbocycles. The van der Waals surface area contributed by atoms with Gasteiger partial charge < -0.3 is 14.6 Å². The van der Waals surface area contributed by atoms with E-state index in [1.165, 1.54) is 12.8 Å². The lowest BCUT2D eigenvalue weighted by Crippen LogP contribution is -2.25. The van der Waals surface area contributed by atoms with Crippen LogP contribution in [0.2, 0.25) is 0 Å². The van der Waals surface area contributed by atoms with Gasteiger partial charge in [0.25, 0.3) is 5.91 Å². The molecule has 2 N–H and O–H groups in total. The van der Waals surface area contributed by atoms with Gasteiger partial charge in [0.15, 0.2) is 0 Å². The van der Waals surface area contributed by atoms with Crippen LogP contribution in [0.15, 0.2) is 36.5 Å². The van der Waals surface area contributed by atoms with E-state index in [2.05, 4.69) is 59.3 Å². The molecule has 1 amide bonds. The summed E-state index contributed by atoms with van der Waals surface area (Å²) in [5.41, 5.74) is 5.56. The average molecular weight is 528 g/mol. The quantitative estimate of drug-likeness (QED) is 0.342. The summed E-state index contributed by atoms with van der Waals surface area (Å²) in [4.78, 5) is 23.3. The molecule has 4 aromatic rings. The third kappa shape index (κ3) is 5.35. The predicted molar refractivity (Wildman–Crippen MR) is 153 cm³/mol. The fraction of sp³-hybridized carbons (Fsp3) is 0.467. The molecular formula is C30H37N7O2. The molecule has 204 valence electrons. The summed E-state index contributed by atoms with van der Waals surface area (Å²) in [5, 5.41) is 11.1. The second kappa shape index (κ2) is 9.70. The summed E-state index contributed by atoms with van der Waals surface area (Å²) in [6.07, 6.45) is 6.24. The topological polar surface area (TPSA) is 98.9 Å². The summed E-state index contributed by atoms with van der Waals surface area (Å²) < 4.78 is 10.2. The Balaban J connectivity index is 1.44. The highest BCUT2D eigenvalue weighted by molar-refractivity contribution is 6.05. The van der Waals surface area contributed by atoms with E-state index < -0.39 is 0 Å². The van der Waals surface area contributed by atoms with Crippen molar-refractivity contribution in [3.05, 3.63) is 47.8 Å². The summed E-state index contributed by atoms with van der Waals surface area (Å²) in [6, 6.07) is 9.90. The Morgan fingerprint density at radius 3 is 2.67 bits per heavy atom. The van der Waals surface area contributed by atoms with E-state index in [9.17, 15) is 4.79 Å². The zero-order chi connectivity index (χ0) is 27.3. The Bertz CT molecular complexity index is 1540. The number of amides is 1. The van der Waals surface area contributed by atoms with Crippen LogP contribution >= 0.6 is 0 Å². The van der Waals surface area contributed by atoms with Crippen molar-refractivity contribution in [2.45, 2.75) is 65.5 Å². The van der Waals surface area contributed by atoms with Crippen LogP contribution in [-0.4, -0.2) is 42.4 Å². The van der Waals surface area contributed by atoms with Gasteiger partial charge in [-0.3, -0.25) is 15.1 Å². The van der Waals surface area contributed by atoms with Gasteiger partial charge in [0, 0.05) is 36.1 Å². The number of nitrogens with one attached hydrogen (secondary N) is 2. The maximum atomic E-state index is 13.7. The van der Waals surface area contributed by atoms with Gasteiger partial charge >= 0.3 is 0 Å². The van der Waals surface area contributed by atoms with Crippen molar-refractivity contribution in [2.24, 2.45) is 18.9 Å². The fourth-order valence-corrected chi connectivity index (χ4v) is 5.60. The van der Waals surface area contributed by atoms with Gasteiger partial charge in [-0.1, -0.05) is 0 Å². The lowest BCUT2D eigenvalue weighted by atomic mass is 9.97. The number of carbonyl (C=O) groups is 1. The van der Waals surface area contributed by atoms with E-state index in [0.717, 1.165) is 47.4 Å². The highest BCUT2D eigenvalue weighted by Crippen LogP contribution is 2.41. The molecule has 0 saturated heterocycles. The monoisotopic (exact) mass is 527 g/mol. The van der Waals surface area contributed by atoms with Crippen molar-refractivity contribution >= 4 is 28.6 Å². The normalized spacial score (nSPS) is 18.4. The van der Waals surface area contributed by atoms with Gasteiger partial charge in [0.1, 0.15) is 0 Å². The first kappa shape index (κ1) is 25.4. The molecule has 1 aliphatic carbocycles. The zero-order valence-corrected chi connectivity index (χ0v) is 23.4. The number of hydrogen-bond acceptors (Lipinski definition) is 6. The van der Waals surface area contributed by atoms with Gasteiger partial charge in [-0.2, -0.15) is 5.10 Å². The highest BCUT2D eigenvalue weighted by Gasteiger charge is 2.32. The number of rotatable bonds is 2. The van der Waals surface area contributed by atoms with E-state index >= 15 is 0 Å². The number of aromatic nitrogens is 5. The largest absolute Gasteiger partial charge is 0.477 e. The number of anilines is 2. The number of pyridine rings is 1. The molecule has 1 unspecified atom stereocenters. The molecule has 9 heteroatoms. The number of benzene rings is 1. The molecule has 1 fully saturated rings. The van der Waals surface area contributed by atoms with Gasteiger partial charge in [-0.15, -0.1) is 0 Å². The van der Waals surface area contributed by atoms with Crippen molar-refractivity contribution in [2.75, 3.05) is 17.2 Å². The van der Waals surface area contributed by atoms with E-state index in [1.807, 2.05) is 14.0 Å². The molecule has 2 bridgehead atoms. The minimum Gasteiger partial charge on any atom is -0.477 e. The summed E-state index contributed by atoms with van der Waals surface area (Å²) in [7, 11) is 1.87. The molecule has 3 aromatic heterocycles. The Labute approximate surface area is 229 Å². The predicted octanol–water partition coefficient (Wildman–Crippen LogP) is 5.80. The van der Waals surface area contributed by atoms with Gasteiger partial charge in [0.2, 0.25) is 11.8 Å². The number of ether oxygens (including phenoxy) is 1. The van der Waals surface area contributed by atoms with Crippen LogP contribution in [0.25, 0.3) is 22.3 Å². The molecule has 9 nitrogen and oxygen atoms in total. The second-order valence-corrected chi connectivity index (χ2v) is 12.0. The van der Waals surface area contributed by atoms with Crippen LogP contribution in [0.3, 0.4) is 0 Å². The van der Waals surface area contributed by atoms with Crippen LogP contribution < -0.4 is 15.4 Å². The number of nitrogens with zero attached hydrogens (tertiary/aromatic N) is 5. The van der Waals surface area contributed by atoms with Crippen LogP contribution in [-0.2, 0) is 13.6 Å². The summed E-state index contributed by atoms with van der Waals surface area (Å²) in [5.74, 6) is 2.22. The lowest BCUT2D eigenvalue weighted by Gasteiger charge is -2.22. The maximum Gasteiger partial charge on any atom is 0.258 e. The first-order valence-corrected chi connectivity index (χ1v) is 13.9. The third-order valence-electron chi connectivity index (χ3n) is 7.53. The molecule has 1 atom stereocenters. The molecule has 6 rings (SSSR count). The molecule has 2 aliphatic rings. The zero-order valence-electron chi connectivity index (χ0n) is 23.4. The van der Waals surface area contributed by atoms with E-state index in [-0.39, 0.29) is 11.4 Å². The fourth-order valence-electron chi connectivity index (χ4n) is 5.60. The molecular weight excluding hydrogens is 490 g/mol. The summed E-state index contributed by atoms with van der Waals surface area (Å²) in [6.45, 7) is 9.72. The Morgan fingerprint density at radius 1 is 1.08 bits per heavy atom. The van der Waals surface area contributed by atoms with E-state index in [4.69, 9.17) is 14.7 Å². The van der Waals surface area contributed by atoms with E-state index in [0.29, 0.717) is 41.5 Å². The first-order valence-electron chi connectivity index (χ1n) is 13.9. The molecule has 4 heterocycles. The molecule has 0 radical (unpaired) electrons. The van der Waals surface area contributed by atoms with E-state index in [1.54, 1.807) is 23.0 Å². The number of fused-ring (bicyclic) bond motifs is 7. The standard InChI is InChI=1S/C30H37N7O2/c1-18-13-21-14-24(32-18)23-16-31-36(5)28(23)39-12-6-7-20(19-8-9-19)17-37-26-11-10-22(35-30(2,3)4)15-25(26)33-29(37)34-27(21)38/h10-11,13-16,19-20,35H,6-9,12,17H2,1-5H3,(H,33,34,38). The van der Waals surface area contributed by atoms with Crippen molar-refractivity contribution in [3.63, 3.8) is 0 Å². The van der Waals surface area contributed by atoms with Crippen molar-refractivity contribution in [3.8, 4) is 17.1 Å². The number of carbonyl (C=O) groups excluding carboxylic acids is 1. The summed E-state index contributed by atoms with van der Waals surface area (Å²) >= 11 is 0. The molecule has 1 aliphatic heterocycles. The van der Waals surface area contributed by atoms with Crippen LogP contribution in [0.4, 0.5) is 11.6 Å². The maximum absolute atomic E-state index is 13.7. The van der Waals surface area contributed by atoms with Crippen LogP contribution in [0.1, 0.15) is 62.5 Å². The molecule has 0 spiro atoms. The number of hydrogen-bond donors (Lipinski definition) is 2. The Hall–Kier alpha value is -3.88. The van der Waals surface area contributed by atoms with Gasteiger partial charge in [-0.25, -0.2) is 9.67 Å². The second-order valence-electron chi connectivity index (χ2n) is 12.0. The smallest absolute Gasteiger partial charge is 0.258 e. The van der Waals surface area contributed by atoms with Crippen LogP contribution in [0.5, 0.6) is 5.88 Å². The third-order valence-corrected chi connectivity index (χ3v) is 7.53. The minimum atomic E-state index is -0.212. The lowest BCUT2D eigenvalue weighted by molar-refractivity contribution is 0.102. The van der Waals surface area contributed by atoms with Crippen molar-refractivity contribution < 1.29 is 9.53 Å². The number of aryl methyl sites for hydroxylation is 2. The van der Waals surface area contributed by atoms with Gasteiger partial charge in [-0.05, 0) is 95.5 Å². The molecule has 1 aromatic carbocycles. The van der Waals surface area contributed by atoms with Gasteiger partial charge in [0.05, 0.1) is 35.1 Å². The van der Waals surface area contributed by atoms with Crippen LogP contribution in [0, 0.1) is 18.8 Å². The average Bonchev–Trinajstić information content (AvgIpc) is 3.57. The van der Waals surface area contributed by atoms with Crippen molar-refractivity contribution in [1.82, 2.24) is 24.3 Å². The molecule has 39 heavy (non-hydrogen) atoms. The Kier molecular flexibility index (Phi) is 6.32. The Morgan fingerprint density at radius 2 is 1.90 bits per heavy atom. The van der Waals surface area contributed by atoms with Crippen molar-refractivity contribution in [1.29, 1.82) is 0 Å². The minimum absolute atomic E-state index is 0.0670. The SMILES string of the molecule is Cc1cc2cc(n1)-c1cnn(C)c1OCCCC(C1CC1)Cn1c(nc3cc(NC(C)(C)C)ccc31)NC2=O. The first-order chi connectivity index (χ1) is 18.6.